The summed E-state index contributed by atoms with van der Waals surface area (Å²) in [5.41, 5.74) is 3.13. The van der Waals surface area contributed by atoms with Gasteiger partial charge >= 0.3 is 6.09 Å². The second-order valence-electron chi connectivity index (χ2n) is 3.51. The molecule has 0 unspecified atom stereocenters. The van der Waals surface area contributed by atoms with Crippen LogP contribution in [-0.4, -0.2) is 12.7 Å². The zero-order valence-electron chi connectivity index (χ0n) is 9.74. The van der Waals surface area contributed by atoms with E-state index in [4.69, 9.17) is 21.2 Å². The second-order valence-corrected chi connectivity index (χ2v) is 3.94. The van der Waals surface area contributed by atoms with Gasteiger partial charge in [0.15, 0.2) is 0 Å². The van der Waals surface area contributed by atoms with Crippen LogP contribution >= 0.6 is 11.6 Å². The Labute approximate surface area is 106 Å². The summed E-state index contributed by atoms with van der Waals surface area (Å²) in [5, 5.41) is 0.667. The van der Waals surface area contributed by atoms with Crippen molar-refractivity contribution in [3.05, 3.63) is 34.9 Å². The van der Waals surface area contributed by atoms with Crippen LogP contribution in [0.25, 0.3) is 0 Å². The van der Waals surface area contributed by atoms with Crippen LogP contribution in [0.1, 0.15) is 25.3 Å². The number of carbonyl (C=O) groups excluding carboxylic acids is 1. The van der Waals surface area contributed by atoms with E-state index in [1.807, 2.05) is 19.1 Å². The highest BCUT2D eigenvalue weighted by Gasteiger charge is 2.01. The van der Waals surface area contributed by atoms with Crippen molar-refractivity contribution in [1.29, 1.82) is 0 Å². The van der Waals surface area contributed by atoms with Crippen LogP contribution in [0.5, 0.6) is 0 Å². The molecule has 0 heterocycles. The van der Waals surface area contributed by atoms with Crippen LogP contribution in [0.4, 0.5) is 4.79 Å². The summed E-state index contributed by atoms with van der Waals surface area (Å²) in [6, 6.07) is 7.18. The average molecular weight is 258 g/mol. The van der Waals surface area contributed by atoms with E-state index in [0.29, 0.717) is 11.6 Å². The van der Waals surface area contributed by atoms with Gasteiger partial charge in [0, 0.05) is 5.02 Å². The Morgan fingerprint density at radius 2 is 2.06 bits per heavy atom. The van der Waals surface area contributed by atoms with Gasteiger partial charge in [-0.1, -0.05) is 37.1 Å². The number of benzene rings is 1. The highest BCUT2D eigenvalue weighted by atomic mass is 35.5. The van der Waals surface area contributed by atoms with Crippen molar-refractivity contribution in [3.63, 3.8) is 0 Å². The van der Waals surface area contributed by atoms with Crippen LogP contribution in [0, 0.1) is 0 Å². The van der Waals surface area contributed by atoms with Gasteiger partial charge in [-0.05, 0) is 24.1 Å². The summed E-state index contributed by atoms with van der Waals surface area (Å²) in [6.45, 7) is 2.71. The van der Waals surface area contributed by atoms with Crippen molar-refractivity contribution in [1.82, 2.24) is 5.48 Å². The molecule has 17 heavy (non-hydrogen) atoms. The Bertz CT molecular complexity index is 340. The van der Waals surface area contributed by atoms with Gasteiger partial charge in [-0.25, -0.2) is 4.79 Å². The number of hydrogen-bond donors (Lipinski definition) is 1. The lowest BCUT2D eigenvalue weighted by Gasteiger charge is -2.06. The standard InChI is InChI=1S/C12H16ClNO3/c1-2-3-8-16-12(15)14-17-9-10-4-6-11(13)7-5-10/h4-7H,2-3,8-9H2,1H3,(H,14,15). The van der Waals surface area contributed by atoms with E-state index in [9.17, 15) is 4.79 Å². The summed E-state index contributed by atoms with van der Waals surface area (Å²) in [6.07, 6.45) is 1.27. The zero-order valence-corrected chi connectivity index (χ0v) is 10.5. The van der Waals surface area contributed by atoms with Crippen molar-refractivity contribution < 1.29 is 14.4 Å². The number of rotatable bonds is 6. The maximum absolute atomic E-state index is 11.1. The maximum Gasteiger partial charge on any atom is 0.431 e. The Morgan fingerprint density at radius 1 is 1.35 bits per heavy atom. The quantitative estimate of drug-likeness (QED) is 0.628. The molecule has 1 N–H and O–H groups in total. The number of halogens is 1. The third kappa shape index (κ3) is 6.14. The minimum Gasteiger partial charge on any atom is -0.448 e. The van der Waals surface area contributed by atoms with Gasteiger partial charge in [-0.3, -0.25) is 4.84 Å². The molecule has 0 atom stereocenters. The van der Waals surface area contributed by atoms with E-state index in [0.717, 1.165) is 18.4 Å². The Hall–Kier alpha value is -1.26. The van der Waals surface area contributed by atoms with E-state index < -0.39 is 6.09 Å². The Kier molecular flexibility index (Phi) is 6.43. The summed E-state index contributed by atoms with van der Waals surface area (Å²) in [7, 11) is 0. The van der Waals surface area contributed by atoms with Crippen LogP contribution < -0.4 is 5.48 Å². The van der Waals surface area contributed by atoms with Crippen molar-refractivity contribution in [2.45, 2.75) is 26.4 Å². The lowest BCUT2D eigenvalue weighted by Crippen LogP contribution is -2.24. The van der Waals surface area contributed by atoms with E-state index in [1.54, 1.807) is 12.1 Å². The van der Waals surface area contributed by atoms with E-state index in [-0.39, 0.29) is 6.61 Å². The second kappa shape index (κ2) is 7.92. The van der Waals surface area contributed by atoms with E-state index in [2.05, 4.69) is 5.48 Å². The molecule has 5 heteroatoms. The summed E-state index contributed by atoms with van der Waals surface area (Å²) >= 11 is 5.74. The molecule has 0 aliphatic heterocycles. The molecule has 4 nitrogen and oxygen atoms in total. The molecular formula is C12H16ClNO3. The minimum absolute atomic E-state index is 0.278. The largest absolute Gasteiger partial charge is 0.448 e. The van der Waals surface area contributed by atoms with Crippen LogP contribution in [0.3, 0.4) is 0 Å². The molecule has 0 spiro atoms. The summed E-state index contributed by atoms with van der Waals surface area (Å²) < 4.78 is 4.84. The topological polar surface area (TPSA) is 47.6 Å². The third-order valence-electron chi connectivity index (χ3n) is 2.04. The van der Waals surface area contributed by atoms with Crippen molar-refractivity contribution in [2.75, 3.05) is 6.61 Å². The third-order valence-corrected chi connectivity index (χ3v) is 2.29. The summed E-state index contributed by atoms with van der Waals surface area (Å²) in [5.74, 6) is 0. The summed E-state index contributed by atoms with van der Waals surface area (Å²) in [4.78, 5) is 16.1. The van der Waals surface area contributed by atoms with Gasteiger partial charge in [-0.2, -0.15) is 5.48 Å². The first-order chi connectivity index (χ1) is 8.22. The first-order valence-corrected chi connectivity index (χ1v) is 5.89. The van der Waals surface area contributed by atoms with Crippen LogP contribution in [0.2, 0.25) is 5.02 Å². The fraction of sp³-hybridized carbons (Fsp3) is 0.417. The molecule has 0 aromatic heterocycles. The molecule has 94 valence electrons. The van der Waals surface area contributed by atoms with Crippen LogP contribution in [-0.2, 0) is 16.2 Å². The van der Waals surface area contributed by atoms with Crippen molar-refractivity contribution in [2.24, 2.45) is 0 Å². The number of ether oxygens (including phenoxy) is 1. The van der Waals surface area contributed by atoms with Gasteiger partial charge in [-0.15, -0.1) is 0 Å². The lowest BCUT2D eigenvalue weighted by atomic mass is 10.2. The molecule has 1 aromatic rings. The molecule has 1 aromatic carbocycles. The van der Waals surface area contributed by atoms with Crippen molar-refractivity contribution in [3.8, 4) is 0 Å². The normalized spacial score (nSPS) is 10.0. The van der Waals surface area contributed by atoms with Crippen molar-refractivity contribution >= 4 is 17.7 Å². The van der Waals surface area contributed by atoms with Gasteiger partial charge in [0.1, 0.15) is 0 Å². The molecule has 0 saturated heterocycles. The fourth-order valence-electron chi connectivity index (χ4n) is 1.10. The molecule has 0 bridgehead atoms. The van der Waals surface area contributed by atoms with Gasteiger partial charge < -0.3 is 4.74 Å². The smallest absolute Gasteiger partial charge is 0.431 e. The first kappa shape index (κ1) is 13.8. The molecule has 1 rings (SSSR count). The molecule has 1 amide bonds. The fourth-order valence-corrected chi connectivity index (χ4v) is 1.22. The average Bonchev–Trinajstić information content (AvgIpc) is 2.32. The molecule has 0 aliphatic rings. The predicted octanol–water partition coefficient (Wildman–Crippen LogP) is 3.30. The van der Waals surface area contributed by atoms with Gasteiger partial charge in [0.05, 0.1) is 13.2 Å². The lowest BCUT2D eigenvalue weighted by molar-refractivity contribution is 0.0181. The minimum atomic E-state index is -0.563. The highest BCUT2D eigenvalue weighted by Crippen LogP contribution is 2.09. The maximum atomic E-state index is 11.1. The molecule has 0 fully saturated rings. The van der Waals surface area contributed by atoms with E-state index in [1.165, 1.54) is 0 Å². The number of nitrogens with one attached hydrogen (secondary N) is 1. The Morgan fingerprint density at radius 3 is 2.71 bits per heavy atom. The number of hydroxylamine groups is 1. The Balaban J connectivity index is 2.14. The van der Waals surface area contributed by atoms with E-state index >= 15 is 0 Å². The molecular weight excluding hydrogens is 242 g/mol. The predicted molar refractivity (Wildman–Crippen MR) is 65.6 cm³/mol. The SMILES string of the molecule is CCCCOC(=O)NOCc1ccc(Cl)cc1. The van der Waals surface area contributed by atoms with Gasteiger partial charge in [0.25, 0.3) is 0 Å². The molecule has 0 saturated carbocycles. The molecule has 0 aliphatic carbocycles. The molecule has 0 radical (unpaired) electrons. The highest BCUT2D eigenvalue weighted by molar-refractivity contribution is 6.30. The zero-order chi connectivity index (χ0) is 12.5. The first-order valence-electron chi connectivity index (χ1n) is 5.51. The monoisotopic (exact) mass is 257 g/mol. The number of amides is 1. The number of carbonyl (C=O) groups is 1. The number of unbranched alkanes of at least 4 members (excludes halogenated alkanes) is 1. The van der Waals surface area contributed by atoms with Crippen LogP contribution in [0.15, 0.2) is 24.3 Å². The number of hydrogen-bond acceptors (Lipinski definition) is 3. The van der Waals surface area contributed by atoms with Gasteiger partial charge in [0.2, 0.25) is 0 Å².